The van der Waals surface area contributed by atoms with Crippen molar-refractivity contribution in [1.29, 1.82) is 0 Å². The average molecular weight is 331 g/mol. The zero-order valence-corrected chi connectivity index (χ0v) is 13.1. The van der Waals surface area contributed by atoms with Crippen molar-refractivity contribution in [3.8, 4) is 0 Å². The molecule has 1 aromatic carbocycles. The fourth-order valence-electron chi connectivity index (χ4n) is 2.58. The molecule has 122 valence electrons. The standard InChI is InChI=1S/C14H18FNO5S/c1-9-11(15)4-3-5-12(9)22(19,20)16-8-14(21-2)6-10(7-14)13(17)18/h3-5,10,16H,6-8H2,1-2H3,(H,17,18). The first-order valence-corrected chi connectivity index (χ1v) is 8.22. The van der Waals surface area contributed by atoms with Crippen LogP contribution in [-0.2, 0) is 19.6 Å². The van der Waals surface area contributed by atoms with Crippen LogP contribution < -0.4 is 4.72 Å². The van der Waals surface area contributed by atoms with Crippen LogP contribution >= 0.6 is 0 Å². The van der Waals surface area contributed by atoms with Gasteiger partial charge < -0.3 is 9.84 Å². The molecule has 22 heavy (non-hydrogen) atoms. The Morgan fingerprint density at radius 2 is 2.14 bits per heavy atom. The third-order valence-electron chi connectivity index (χ3n) is 4.11. The number of carboxylic acid groups (broad SMARTS) is 1. The van der Waals surface area contributed by atoms with Gasteiger partial charge in [-0.25, -0.2) is 17.5 Å². The molecule has 1 aromatic rings. The normalized spacial score (nSPS) is 24.8. The van der Waals surface area contributed by atoms with Gasteiger partial charge in [0.15, 0.2) is 0 Å². The minimum absolute atomic E-state index is 0.0403. The van der Waals surface area contributed by atoms with Crippen molar-refractivity contribution in [3.63, 3.8) is 0 Å². The molecule has 0 aromatic heterocycles. The number of carbonyl (C=O) groups is 1. The van der Waals surface area contributed by atoms with Gasteiger partial charge in [0.1, 0.15) is 5.82 Å². The van der Waals surface area contributed by atoms with Crippen molar-refractivity contribution in [1.82, 2.24) is 4.72 Å². The summed E-state index contributed by atoms with van der Waals surface area (Å²) in [7, 11) is -2.47. The lowest BCUT2D eigenvalue weighted by molar-refractivity contribution is -0.161. The highest BCUT2D eigenvalue weighted by Gasteiger charge is 2.48. The zero-order chi connectivity index (χ0) is 16.5. The Morgan fingerprint density at radius 1 is 1.50 bits per heavy atom. The van der Waals surface area contributed by atoms with E-state index in [1.807, 2.05) is 0 Å². The topological polar surface area (TPSA) is 92.7 Å². The molecule has 0 radical (unpaired) electrons. The molecule has 1 aliphatic carbocycles. The van der Waals surface area contributed by atoms with E-state index in [0.29, 0.717) is 0 Å². The molecule has 1 aliphatic rings. The minimum Gasteiger partial charge on any atom is -0.481 e. The van der Waals surface area contributed by atoms with E-state index in [0.717, 1.165) is 0 Å². The molecule has 0 aliphatic heterocycles. The van der Waals surface area contributed by atoms with E-state index < -0.39 is 33.3 Å². The van der Waals surface area contributed by atoms with Gasteiger partial charge >= 0.3 is 5.97 Å². The first kappa shape index (κ1) is 16.9. The van der Waals surface area contributed by atoms with E-state index >= 15 is 0 Å². The second-order valence-electron chi connectivity index (χ2n) is 5.52. The number of sulfonamides is 1. The summed E-state index contributed by atoms with van der Waals surface area (Å²) in [4.78, 5) is 10.7. The fraction of sp³-hybridized carbons (Fsp3) is 0.500. The number of ether oxygens (including phenoxy) is 1. The second kappa shape index (κ2) is 5.94. The Labute approximate surface area is 128 Å². The molecule has 6 nitrogen and oxygen atoms in total. The Bertz CT molecular complexity index is 682. The summed E-state index contributed by atoms with van der Waals surface area (Å²) < 4.78 is 45.7. The lowest BCUT2D eigenvalue weighted by Crippen LogP contribution is -2.55. The van der Waals surface area contributed by atoms with Gasteiger partial charge in [0.2, 0.25) is 10.0 Å². The maximum absolute atomic E-state index is 13.5. The van der Waals surface area contributed by atoms with Gasteiger partial charge in [-0.3, -0.25) is 4.79 Å². The van der Waals surface area contributed by atoms with Crippen LogP contribution in [0.25, 0.3) is 0 Å². The average Bonchev–Trinajstić information content (AvgIpc) is 2.40. The zero-order valence-electron chi connectivity index (χ0n) is 12.3. The molecular weight excluding hydrogens is 313 g/mol. The summed E-state index contributed by atoms with van der Waals surface area (Å²) in [6, 6.07) is 3.84. The van der Waals surface area contributed by atoms with Crippen LogP contribution in [0, 0.1) is 18.7 Å². The van der Waals surface area contributed by atoms with Gasteiger partial charge in [-0.1, -0.05) is 6.07 Å². The summed E-state index contributed by atoms with van der Waals surface area (Å²) in [5.74, 6) is -2.05. The summed E-state index contributed by atoms with van der Waals surface area (Å²) >= 11 is 0. The second-order valence-corrected chi connectivity index (χ2v) is 7.25. The molecule has 0 bridgehead atoms. The highest BCUT2D eigenvalue weighted by molar-refractivity contribution is 7.89. The van der Waals surface area contributed by atoms with Gasteiger partial charge in [0.05, 0.1) is 16.4 Å². The van der Waals surface area contributed by atoms with Crippen molar-refractivity contribution >= 4 is 16.0 Å². The summed E-state index contributed by atoms with van der Waals surface area (Å²) in [6.45, 7) is 1.34. The first-order valence-electron chi connectivity index (χ1n) is 6.73. The van der Waals surface area contributed by atoms with Crippen LogP contribution in [0.5, 0.6) is 0 Å². The Morgan fingerprint density at radius 3 is 2.68 bits per heavy atom. The number of hydrogen-bond acceptors (Lipinski definition) is 4. The fourth-order valence-corrected chi connectivity index (χ4v) is 3.95. The van der Waals surface area contributed by atoms with Crippen LogP contribution in [-0.4, -0.2) is 38.7 Å². The highest BCUT2D eigenvalue weighted by atomic mass is 32.2. The van der Waals surface area contributed by atoms with E-state index in [2.05, 4.69) is 4.72 Å². The van der Waals surface area contributed by atoms with E-state index in [9.17, 15) is 17.6 Å². The maximum atomic E-state index is 13.5. The molecule has 0 atom stereocenters. The molecule has 2 rings (SSSR count). The maximum Gasteiger partial charge on any atom is 0.306 e. The predicted molar refractivity (Wildman–Crippen MR) is 76.4 cm³/mol. The summed E-state index contributed by atoms with van der Waals surface area (Å²) in [5, 5.41) is 8.90. The number of aliphatic carboxylic acids is 1. The van der Waals surface area contributed by atoms with Gasteiger partial charge in [-0.15, -0.1) is 0 Å². The summed E-state index contributed by atoms with van der Waals surface area (Å²) in [6.07, 6.45) is 0.479. The van der Waals surface area contributed by atoms with Crippen LogP contribution in [0.4, 0.5) is 4.39 Å². The number of benzene rings is 1. The van der Waals surface area contributed by atoms with Gasteiger partial charge in [-0.2, -0.15) is 0 Å². The van der Waals surface area contributed by atoms with Crippen molar-refractivity contribution in [2.24, 2.45) is 5.92 Å². The smallest absolute Gasteiger partial charge is 0.306 e. The SMILES string of the molecule is COC1(CNS(=O)(=O)c2cccc(F)c2C)CC(C(=O)O)C1. The molecule has 2 N–H and O–H groups in total. The molecule has 0 heterocycles. The van der Waals surface area contributed by atoms with Crippen molar-refractivity contribution in [2.45, 2.75) is 30.3 Å². The number of hydrogen-bond donors (Lipinski definition) is 2. The van der Waals surface area contributed by atoms with Crippen molar-refractivity contribution in [2.75, 3.05) is 13.7 Å². The molecule has 0 amide bonds. The van der Waals surface area contributed by atoms with E-state index in [-0.39, 0.29) is 29.8 Å². The van der Waals surface area contributed by atoms with Crippen LogP contribution in [0.1, 0.15) is 18.4 Å². The van der Waals surface area contributed by atoms with Crippen molar-refractivity contribution < 1.29 is 27.4 Å². The molecule has 0 unspecified atom stereocenters. The Kier molecular flexibility index (Phi) is 4.55. The predicted octanol–water partition coefficient (Wildman–Crippen LogP) is 1.29. The molecule has 1 fully saturated rings. The van der Waals surface area contributed by atoms with Crippen molar-refractivity contribution in [3.05, 3.63) is 29.6 Å². The largest absolute Gasteiger partial charge is 0.481 e. The van der Waals surface area contributed by atoms with Crippen LogP contribution in [0.15, 0.2) is 23.1 Å². The third-order valence-corrected chi connectivity index (χ3v) is 5.66. The molecule has 0 spiro atoms. The number of halogens is 1. The van der Waals surface area contributed by atoms with Gasteiger partial charge in [0, 0.05) is 19.2 Å². The lowest BCUT2D eigenvalue weighted by atomic mass is 9.71. The number of methoxy groups -OCH3 is 1. The van der Waals surface area contributed by atoms with E-state index in [1.165, 1.54) is 32.2 Å². The summed E-state index contributed by atoms with van der Waals surface area (Å²) in [5.41, 5.74) is -0.782. The highest BCUT2D eigenvalue weighted by Crippen LogP contribution is 2.40. The molecular formula is C14H18FNO5S. The van der Waals surface area contributed by atoms with Gasteiger partial charge in [0.25, 0.3) is 0 Å². The monoisotopic (exact) mass is 331 g/mol. The molecule has 8 heteroatoms. The number of nitrogens with one attached hydrogen (secondary N) is 1. The van der Waals surface area contributed by atoms with E-state index in [4.69, 9.17) is 9.84 Å². The lowest BCUT2D eigenvalue weighted by Gasteiger charge is -2.44. The van der Waals surface area contributed by atoms with Crippen LogP contribution in [0.2, 0.25) is 0 Å². The Hall–Kier alpha value is -1.51. The quantitative estimate of drug-likeness (QED) is 0.819. The number of rotatable bonds is 6. The third kappa shape index (κ3) is 3.13. The minimum atomic E-state index is -3.89. The number of carboxylic acids is 1. The van der Waals surface area contributed by atoms with E-state index in [1.54, 1.807) is 0 Å². The molecule has 1 saturated carbocycles. The molecule has 0 saturated heterocycles. The Balaban J connectivity index is 2.10. The van der Waals surface area contributed by atoms with Gasteiger partial charge in [-0.05, 0) is 31.9 Å². The van der Waals surface area contributed by atoms with Crippen LogP contribution in [0.3, 0.4) is 0 Å². The first-order chi connectivity index (χ1) is 10.2.